The maximum Gasteiger partial charge on any atom is 0.470 e. The van der Waals surface area contributed by atoms with E-state index in [-0.39, 0.29) is 12.2 Å². The molecule has 0 saturated carbocycles. The number of rotatable bonds is 4. The molecule has 0 atom stereocenters. The fraction of sp³-hybridized carbons (Fsp3) is 0.750. The Morgan fingerprint density at radius 3 is 2.40 bits per heavy atom. The predicted octanol–water partition coefficient (Wildman–Crippen LogP) is 0.0748. The molecule has 0 aliphatic carbocycles. The molecule has 0 aromatic heterocycles. The first-order chi connectivity index (χ1) is 4.45. The smallest absolute Gasteiger partial charge is 0.303 e. The highest BCUT2D eigenvalue weighted by atomic mass is 31.2. The third kappa shape index (κ3) is 5.91. The van der Waals surface area contributed by atoms with Crippen molar-refractivity contribution in [3.8, 4) is 0 Å². The number of phosphoric acid groups is 1. The molecule has 0 spiro atoms. The minimum Gasteiger partial charge on any atom is -0.303 e. The number of carbonyl (C=O) groups is 1. The lowest BCUT2D eigenvalue weighted by atomic mass is 10.3. The molecule has 0 aliphatic heterocycles. The molecule has 0 saturated heterocycles. The summed E-state index contributed by atoms with van der Waals surface area (Å²) in [5.74, 6) is -0.330. The molecular formula is C4H9O5P. The van der Waals surface area contributed by atoms with Crippen molar-refractivity contribution in [2.45, 2.75) is 13.3 Å². The minimum absolute atomic E-state index is 0.222. The Morgan fingerprint density at radius 2 is 2.10 bits per heavy atom. The average molecular weight is 168 g/mol. The van der Waals surface area contributed by atoms with Gasteiger partial charge in [-0.05, 0) is 0 Å². The van der Waals surface area contributed by atoms with Crippen LogP contribution in [-0.2, 0) is 13.9 Å². The Labute approximate surface area is 58.2 Å². The molecule has 60 valence electrons. The summed E-state index contributed by atoms with van der Waals surface area (Å²) >= 11 is 0. The van der Waals surface area contributed by atoms with Gasteiger partial charge in [0.25, 0.3) is 0 Å². The first-order valence-corrected chi connectivity index (χ1v) is 4.20. The van der Waals surface area contributed by atoms with Crippen molar-refractivity contribution in [1.82, 2.24) is 0 Å². The molecule has 0 radical (unpaired) electrons. The second-order valence-electron chi connectivity index (χ2n) is 1.66. The van der Waals surface area contributed by atoms with Crippen molar-refractivity contribution < 1.29 is 23.7 Å². The highest BCUT2D eigenvalue weighted by Crippen LogP contribution is 2.35. The fourth-order valence-electron chi connectivity index (χ4n) is 0.258. The Morgan fingerprint density at radius 1 is 1.60 bits per heavy atom. The molecule has 0 amide bonds. The van der Waals surface area contributed by atoms with Gasteiger partial charge in [0, 0.05) is 6.42 Å². The molecule has 0 fully saturated rings. The van der Waals surface area contributed by atoms with Crippen LogP contribution in [0, 0.1) is 0 Å². The summed E-state index contributed by atoms with van der Waals surface area (Å²) in [6, 6.07) is 0. The van der Waals surface area contributed by atoms with Gasteiger partial charge in [-0.25, -0.2) is 4.57 Å². The monoisotopic (exact) mass is 168 g/mol. The van der Waals surface area contributed by atoms with Crippen LogP contribution in [0.1, 0.15) is 13.3 Å². The zero-order valence-electron chi connectivity index (χ0n) is 5.48. The summed E-state index contributed by atoms with van der Waals surface area (Å²) in [6.07, 6.45) is 0.222. The van der Waals surface area contributed by atoms with Crippen molar-refractivity contribution in [2.24, 2.45) is 0 Å². The Hall–Kier alpha value is -0.220. The SMILES string of the molecule is CCC(=O)COP(=O)(O)O. The number of Topliss-reactive ketones (excluding diaryl/α,β-unsaturated/α-hetero) is 1. The molecule has 6 heteroatoms. The van der Waals surface area contributed by atoms with E-state index in [1.54, 1.807) is 6.92 Å². The van der Waals surface area contributed by atoms with Crippen LogP contribution < -0.4 is 0 Å². The van der Waals surface area contributed by atoms with Crippen LogP contribution in [0.5, 0.6) is 0 Å². The van der Waals surface area contributed by atoms with Gasteiger partial charge >= 0.3 is 7.82 Å². The van der Waals surface area contributed by atoms with Crippen LogP contribution in [0.3, 0.4) is 0 Å². The molecule has 0 rings (SSSR count). The third-order valence-corrected chi connectivity index (χ3v) is 1.25. The first-order valence-electron chi connectivity index (χ1n) is 2.67. The highest BCUT2D eigenvalue weighted by Gasteiger charge is 2.14. The molecular weight excluding hydrogens is 159 g/mol. The normalized spacial score (nSPS) is 11.5. The van der Waals surface area contributed by atoms with Gasteiger partial charge in [-0.2, -0.15) is 0 Å². The molecule has 0 heterocycles. The number of hydrogen-bond acceptors (Lipinski definition) is 3. The lowest BCUT2D eigenvalue weighted by molar-refractivity contribution is -0.121. The van der Waals surface area contributed by atoms with Crippen molar-refractivity contribution in [1.29, 1.82) is 0 Å². The van der Waals surface area contributed by atoms with Crippen LogP contribution in [0.4, 0.5) is 0 Å². The minimum atomic E-state index is -4.45. The van der Waals surface area contributed by atoms with Crippen LogP contribution in [0.25, 0.3) is 0 Å². The standard InChI is InChI=1S/C4H9O5P/c1-2-4(5)3-9-10(6,7)8/h2-3H2,1H3,(H2,6,7,8). The molecule has 2 N–H and O–H groups in total. The maximum absolute atomic E-state index is 10.4. The van der Waals surface area contributed by atoms with Gasteiger partial charge in [0.15, 0.2) is 5.78 Å². The van der Waals surface area contributed by atoms with Crippen LogP contribution in [0.2, 0.25) is 0 Å². The summed E-state index contributed by atoms with van der Waals surface area (Å²) in [5, 5.41) is 0. The number of phosphoric ester groups is 1. The van der Waals surface area contributed by atoms with E-state index in [1.165, 1.54) is 0 Å². The van der Waals surface area contributed by atoms with Gasteiger partial charge in [0.1, 0.15) is 6.61 Å². The summed E-state index contributed by atoms with van der Waals surface area (Å²) < 4.78 is 13.9. The van der Waals surface area contributed by atoms with Gasteiger partial charge in [0.05, 0.1) is 0 Å². The van der Waals surface area contributed by atoms with Gasteiger partial charge in [-0.15, -0.1) is 0 Å². The van der Waals surface area contributed by atoms with Crippen molar-refractivity contribution in [3.05, 3.63) is 0 Å². The van der Waals surface area contributed by atoms with Gasteiger partial charge in [-0.3, -0.25) is 9.32 Å². The van der Waals surface area contributed by atoms with Crippen LogP contribution in [-0.4, -0.2) is 22.2 Å². The zero-order valence-corrected chi connectivity index (χ0v) is 6.38. The van der Waals surface area contributed by atoms with E-state index in [0.29, 0.717) is 0 Å². The van der Waals surface area contributed by atoms with Crippen molar-refractivity contribution >= 4 is 13.6 Å². The molecule has 0 aromatic rings. The second kappa shape index (κ2) is 3.83. The largest absolute Gasteiger partial charge is 0.470 e. The molecule has 0 aromatic carbocycles. The van der Waals surface area contributed by atoms with E-state index in [2.05, 4.69) is 4.52 Å². The van der Waals surface area contributed by atoms with E-state index in [1.807, 2.05) is 0 Å². The van der Waals surface area contributed by atoms with E-state index >= 15 is 0 Å². The topological polar surface area (TPSA) is 83.8 Å². The summed E-state index contributed by atoms with van der Waals surface area (Å²) in [5.41, 5.74) is 0. The van der Waals surface area contributed by atoms with E-state index in [0.717, 1.165) is 0 Å². The Balaban J connectivity index is 3.56. The Bertz CT molecular complexity index is 159. The first kappa shape index (κ1) is 9.78. The van der Waals surface area contributed by atoms with E-state index in [4.69, 9.17) is 9.79 Å². The lowest BCUT2D eigenvalue weighted by Gasteiger charge is -2.01. The molecule has 5 nitrogen and oxygen atoms in total. The quantitative estimate of drug-likeness (QED) is 0.580. The molecule has 0 aliphatic rings. The van der Waals surface area contributed by atoms with Crippen molar-refractivity contribution in [2.75, 3.05) is 6.61 Å². The number of hydrogen-bond donors (Lipinski definition) is 2. The number of ketones is 1. The van der Waals surface area contributed by atoms with E-state index < -0.39 is 14.4 Å². The average Bonchev–Trinajstić information content (AvgIpc) is 1.81. The van der Waals surface area contributed by atoms with Gasteiger partial charge in [-0.1, -0.05) is 6.92 Å². The molecule has 0 bridgehead atoms. The maximum atomic E-state index is 10.4. The molecule has 10 heavy (non-hydrogen) atoms. The predicted molar refractivity (Wildman–Crippen MR) is 33.3 cm³/mol. The summed E-state index contributed by atoms with van der Waals surface area (Å²) in [6.45, 7) is 1.08. The third-order valence-electron chi connectivity index (χ3n) is 0.788. The van der Waals surface area contributed by atoms with Crippen LogP contribution in [0.15, 0.2) is 0 Å². The number of carbonyl (C=O) groups excluding carboxylic acids is 1. The van der Waals surface area contributed by atoms with Gasteiger partial charge in [0.2, 0.25) is 0 Å². The fourth-order valence-corrected chi connectivity index (χ4v) is 0.570. The highest BCUT2D eigenvalue weighted by molar-refractivity contribution is 7.46. The van der Waals surface area contributed by atoms with E-state index in [9.17, 15) is 9.36 Å². The zero-order chi connectivity index (χ0) is 8.20. The van der Waals surface area contributed by atoms with Crippen molar-refractivity contribution in [3.63, 3.8) is 0 Å². The second-order valence-corrected chi connectivity index (χ2v) is 2.90. The van der Waals surface area contributed by atoms with Gasteiger partial charge < -0.3 is 9.79 Å². The lowest BCUT2D eigenvalue weighted by Crippen LogP contribution is -2.04. The summed E-state index contributed by atoms with van der Waals surface area (Å²) in [4.78, 5) is 26.6. The molecule has 0 unspecified atom stereocenters. The summed E-state index contributed by atoms with van der Waals surface area (Å²) in [7, 11) is -4.45. The van der Waals surface area contributed by atoms with Crippen LogP contribution >= 0.6 is 7.82 Å². The Kier molecular flexibility index (Phi) is 3.75.